The molecule has 0 radical (unpaired) electrons. The maximum absolute atomic E-state index is 13.4. The molecule has 3 amide bonds. The van der Waals surface area contributed by atoms with Crippen molar-refractivity contribution in [1.29, 1.82) is 5.26 Å². The molecule has 4 rings (SSSR count). The monoisotopic (exact) mass is 581 g/mol. The van der Waals surface area contributed by atoms with Crippen LogP contribution in [0.15, 0.2) is 24.3 Å². The molecular formula is C28H31N5O9. The number of fused-ring (bicyclic) bond motifs is 1. The fourth-order valence-electron chi connectivity index (χ4n) is 4.84. The van der Waals surface area contributed by atoms with Crippen molar-refractivity contribution in [3.63, 3.8) is 0 Å². The van der Waals surface area contributed by atoms with Gasteiger partial charge in [-0.25, -0.2) is 14.6 Å². The summed E-state index contributed by atoms with van der Waals surface area (Å²) in [5.41, 5.74) is -1.19. The third-order valence-corrected chi connectivity index (χ3v) is 7.36. The third kappa shape index (κ3) is 6.51. The van der Waals surface area contributed by atoms with E-state index in [2.05, 4.69) is 10.3 Å². The van der Waals surface area contributed by atoms with Gasteiger partial charge in [0.1, 0.15) is 17.5 Å². The number of benzene rings is 1. The normalized spacial score (nSPS) is 16.5. The van der Waals surface area contributed by atoms with Crippen molar-refractivity contribution in [3.8, 4) is 11.8 Å². The Hall–Kier alpha value is -4.93. The van der Waals surface area contributed by atoms with E-state index in [1.165, 1.54) is 28.0 Å². The van der Waals surface area contributed by atoms with Crippen molar-refractivity contribution in [2.24, 2.45) is 0 Å². The smallest absolute Gasteiger partial charge is 0.409 e. The molecule has 3 N–H and O–H groups in total. The summed E-state index contributed by atoms with van der Waals surface area (Å²) >= 11 is 0. The third-order valence-electron chi connectivity index (χ3n) is 7.36. The van der Waals surface area contributed by atoms with Crippen molar-refractivity contribution < 1.29 is 43.7 Å². The maximum atomic E-state index is 13.4. The standard InChI is InChI=1S/C28H31N5O9/c1-2-41-27(40)33-12-10-32(11-13-33)25(37)19(6-7-23(34)35)31-24(36)21-15-22(42-28(26(38)39)8-3-9-28)18-5-4-17(16-29)14-20(18)30-21/h4-5,14-15,19H,2-3,6-13H2,1H3,(H,31,36)(H,34,35)(H,38,39). The summed E-state index contributed by atoms with van der Waals surface area (Å²) in [6.45, 7) is 2.65. The average molecular weight is 582 g/mol. The molecule has 1 saturated heterocycles. The SMILES string of the molecule is CCOC(=O)N1CCN(C(=O)C(CCC(=O)O)NC(=O)c2cc(OC3(C(=O)O)CCC3)c3ccc(C#N)cc3n2)CC1. The van der Waals surface area contributed by atoms with Crippen molar-refractivity contribution in [2.75, 3.05) is 32.8 Å². The Morgan fingerprint density at radius 2 is 1.79 bits per heavy atom. The van der Waals surface area contributed by atoms with E-state index in [-0.39, 0.29) is 74.6 Å². The van der Waals surface area contributed by atoms with Crippen LogP contribution >= 0.6 is 0 Å². The van der Waals surface area contributed by atoms with Gasteiger partial charge in [0.25, 0.3) is 5.91 Å². The first-order valence-electron chi connectivity index (χ1n) is 13.6. The molecule has 2 heterocycles. The first kappa shape index (κ1) is 30.0. The number of nitrogens with one attached hydrogen (secondary N) is 1. The Morgan fingerprint density at radius 3 is 2.36 bits per heavy atom. The predicted octanol–water partition coefficient (Wildman–Crippen LogP) is 1.76. The summed E-state index contributed by atoms with van der Waals surface area (Å²) in [5.74, 6) is -3.54. The topological polar surface area (TPSA) is 199 Å². The second-order valence-electron chi connectivity index (χ2n) is 10.1. The van der Waals surface area contributed by atoms with Crippen molar-refractivity contribution in [1.82, 2.24) is 20.1 Å². The van der Waals surface area contributed by atoms with Gasteiger partial charge in [-0.2, -0.15) is 5.26 Å². The molecule has 222 valence electrons. The lowest BCUT2D eigenvalue weighted by Gasteiger charge is -2.38. The van der Waals surface area contributed by atoms with Crippen molar-refractivity contribution in [3.05, 3.63) is 35.5 Å². The number of hydrogen-bond donors (Lipinski definition) is 3. The van der Waals surface area contributed by atoms with Crippen LogP contribution in [-0.2, 0) is 19.1 Å². The summed E-state index contributed by atoms with van der Waals surface area (Å²) < 4.78 is 10.9. The van der Waals surface area contributed by atoms with Gasteiger partial charge in [-0.3, -0.25) is 14.4 Å². The number of aromatic nitrogens is 1. The van der Waals surface area contributed by atoms with E-state index in [4.69, 9.17) is 9.47 Å². The minimum Gasteiger partial charge on any atom is -0.481 e. The summed E-state index contributed by atoms with van der Waals surface area (Å²) in [6.07, 6.45) is 0.120. The fourth-order valence-corrected chi connectivity index (χ4v) is 4.84. The van der Waals surface area contributed by atoms with E-state index in [0.29, 0.717) is 11.8 Å². The molecule has 2 aromatic rings. The van der Waals surface area contributed by atoms with E-state index in [0.717, 1.165) is 0 Å². The number of carboxylic acid groups (broad SMARTS) is 2. The van der Waals surface area contributed by atoms with Crippen LogP contribution in [0.5, 0.6) is 5.75 Å². The number of nitrogens with zero attached hydrogens (tertiary/aromatic N) is 4. The first-order valence-corrected chi connectivity index (χ1v) is 13.6. The number of amides is 3. The second kappa shape index (κ2) is 12.7. The Labute approximate surface area is 240 Å². The fraction of sp³-hybridized carbons (Fsp3) is 0.464. The molecule has 14 heteroatoms. The van der Waals surface area contributed by atoms with Crippen LogP contribution in [0.3, 0.4) is 0 Å². The van der Waals surface area contributed by atoms with Gasteiger partial charge in [-0.15, -0.1) is 0 Å². The summed E-state index contributed by atoms with van der Waals surface area (Å²) in [4.78, 5) is 69.4. The molecule has 1 atom stereocenters. The highest BCUT2D eigenvalue weighted by molar-refractivity contribution is 5.99. The van der Waals surface area contributed by atoms with Crippen LogP contribution in [0.4, 0.5) is 4.79 Å². The summed E-state index contributed by atoms with van der Waals surface area (Å²) in [7, 11) is 0. The Morgan fingerprint density at radius 1 is 1.10 bits per heavy atom. The van der Waals surface area contributed by atoms with Crippen LogP contribution in [0.2, 0.25) is 0 Å². The van der Waals surface area contributed by atoms with Gasteiger partial charge in [0.15, 0.2) is 0 Å². The van der Waals surface area contributed by atoms with Gasteiger partial charge in [0, 0.05) is 44.1 Å². The number of carbonyl (C=O) groups excluding carboxylic acids is 3. The number of pyridine rings is 1. The summed E-state index contributed by atoms with van der Waals surface area (Å²) in [6, 6.07) is 6.57. The molecule has 1 aromatic carbocycles. The van der Waals surface area contributed by atoms with Gasteiger partial charge in [-0.1, -0.05) is 0 Å². The van der Waals surface area contributed by atoms with Crippen LogP contribution in [0, 0.1) is 11.3 Å². The van der Waals surface area contributed by atoms with Crippen LogP contribution in [-0.4, -0.2) is 99.3 Å². The Bertz CT molecular complexity index is 1440. The number of hydrogen-bond acceptors (Lipinski definition) is 9. The van der Waals surface area contributed by atoms with Crippen LogP contribution in [0.1, 0.15) is 55.1 Å². The first-order chi connectivity index (χ1) is 20.1. The quantitative estimate of drug-likeness (QED) is 0.369. The van der Waals surface area contributed by atoms with Crippen molar-refractivity contribution in [2.45, 2.75) is 50.7 Å². The van der Waals surface area contributed by atoms with Crippen LogP contribution < -0.4 is 10.1 Å². The highest BCUT2D eigenvalue weighted by Crippen LogP contribution is 2.39. The van der Waals surface area contributed by atoms with E-state index in [9.17, 15) is 39.4 Å². The lowest BCUT2D eigenvalue weighted by Crippen LogP contribution is -2.56. The number of carboxylic acids is 2. The zero-order chi connectivity index (χ0) is 30.4. The van der Waals surface area contributed by atoms with Gasteiger partial charge in [0.05, 0.1) is 23.8 Å². The van der Waals surface area contributed by atoms with E-state index >= 15 is 0 Å². The molecule has 14 nitrogen and oxygen atoms in total. The molecule has 0 spiro atoms. The second-order valence-corrected chi connectivity index (χ2v) is 10.1. The Balaban J connectivity index is 1.59. The number of piperazine rings is 1. The largest absolute Gasteiger partial charge is 0.481 e. The molecule has 1 unspecified atom stereocenters. The van der Waals surface area contributed by atoms with E-state index < -0.39 is 47.9 Å². The maximum Gasteiger partial charge on any atom is 0.409 e. The average Bonchev–Trinajstić information content (AvgIpc) is 2.95. The highest BCUT2D eigenvalue weighted by Gasteiger charge is 2.47. The van der Waals surface area contributed by atoms with Crippen molar-refractivity contribution >= 4 is 40.7 Å². The number of nitriles is 1. The minimum atomic E-state index is -1.46. The molecule has 0 bridgehead atoms. The number of carbonyl (C=O) groups is 5. The van der Waals surface area contributed by atoms with Crippen LogP contribution in [0.25, 0.3) is 10.9 Å². The van der Waals surface area contributed by atoms with Gasteiger partial charge in [-0.05, 0) is 50.8 Å². The molecule has 1 aliphatic carbocycles. The zero-order valence-corrected chi connectivity index (χ0v) is 23.0. The van der Waals surface area contributed by atoms with Gasteiger partial charge >= 0.3 is 18.0 Å². The zero-order valence-electron chi connectivity index (χ0n) is 23.0. The summed E-state index contributed by atoms with van der Waals surface area (Å²) in [5, 5.41) is 31.3. The van der Waals surface area contributed by atoms with Gasteiger partial charge < -0.3 is 34.8 Å². The predicted molar refractivity (Wildman–Crippen MR) is 145 cm³/mol. The molecule has 1 aliphatic heterocycles. The lowest BCUT2D eigenvalue weighted by atomic mass is 9.80. The molecular weight excluding hydrogens is 550 g/mol. The number of rotatable bonds is 10. The number of aliphatic carboxylic acids is 2. The highest BCUT2D eigenvalue weighted by atomic mass is 16.6. The minimum absolute atomic E-state index is 0.0836. The molecule has 1 saturated carbocycles. The Kier molecular flexibility index (Phi) is 9.09. The van der Waals surface area contributed by atoms with E-state index in [1.54, 1.807) is 13.0 Å². The van der Waals surface area contributed by atoms with E-state index in [1.807, 2.05) is 6.07 Å². The molecule has 2 aliphatic rings. The molecule has 42 heavy (non-hydrogen) atoms. The van der Waals surface area contributed by atoms with Gasteiger partial charge in [0.2, 0.25) is 11.5 Å². The molecule has 1 aromatic heterocycles. The molecule has 2 fully saturated rings. The number of ether oxygens (including phenoxy) is 2. The lowest BCUT2D eigenvalue weighted by molar-refractivity contribution is -0.163.